The zero-order chi connectivity index (χ0) is 44.5. The molecular weight excluding hydrogens is 755 g/mol. The van der Waals surface area contributed by atoms with Gasteiger partial charge in [-0.05, 0) is 70.6 Å². The maximum atomic E-state index is 13.2. The van der Waals surface area contributed by atoms with E-state index in [9.17, 15) is 19.8 Å². The van der Waals surface area contributed by atoms with E-state index >= 15 is 0 Å². The molecule has 0 aliphatic heterocycles. The Balaban J connectivity index is 4.60. The van der Waals surface area contributed by atoms with E-state index in [-0.39, 0.29) is 24.9 Å². The summed E-state index contributed by atoms with van der Waals surface area (Å²) in [6.07, 6.45) is 61.0. The number of esters is 1. The second kappa shape index (κ2) is 48.3. The molecule has 0 bridgehead atoms. The maximum Gasteiger partial charge on any atom is 0.306 e. The third-order valence-electron chi connectivity index (χ3n) is 11.4. The molecule has 3 atom stereocenters. The highest BCUT2D eigenvalue weighted by molar-refractivity contribution is 5.77. The molecular formula is C55H97NO5. The fourth-order valence-electron chi connectivity index (χ4n) is 7.49. The van der Waals surface area contributed by atoms with Crippen LogP contribution in [-0.2, 0) is 14.3 Å². The Morgan fingerprint density at radius 2 is 0.885 bits per heavy atom. The molecule has 352 valence electrons. The van der Waals surface area contributed by atoms with Gasteiger partial charge in [-0.2, -0.15) is 0 Å². The molecule has 0 aromatic heterocycles. The van der Waals surface area contributed by atoms with Crippen LogP contribution in [-0.4, -0.2) is 46.9 Å². The minimum Gasteiger partial charge on any atom is -0.462 e. The van der Waals surface area contributed by atoms with Crippen LogP contribution in [0.1, 0.15) is 239 Å². The highest BCUT2D eigenvalue weighted by Gasteiger charge is 2.24. The second-order valence-corrected chi connectivity index (χ2v) is 17.3. The lowest BCUT2D eigenvalue weighted by Gasteiger charge is -2.24. The quantitative estimate of drug-likeness (QED) is 0.0322. The van der Waals surface area contributed by atoms with Crippen molar-refractivity contribution >= 4 is 11.9 Å². The Hall–Kier alpha value is -2.70. The summed E-state index contributed by atoms with van der Waals surface area (Å²) in [6.45, 7) is 6.31. The number of carbonyl (C=O) groups is 2. The molecule has 0 spiro atoms. The number of unbranched alkanes of at least 4 members (excludes halogenated alkanes) is 25. The van der Waals surface area contributed by atoms with Gasteiger partial charge in [0.25, 0.3) is 0 Å². The molecule has 1 amide bonds. The molecule has 0 aliphatic rings. The van der Waals surface area contributed by atoms with Crippen LogP contribution in [0.15, 0.2) is 72.9 Å². The molecule has 0 saturated heterocycles. The molecule has 0 saturated carbocycles. The van der Waals surface area contributed by atoms with Crippen molar-refractivity contribution < 1.29 is 24.5 Å². The Bertz CT molecular complexity index is 1140. The van der Waals surface area contributed by atoms with E-state index in [1.165, 1.54) is 103 Å². The predicted molar refractivity (Wildman–Crippen MR) is 264 cm³/mol. The van der Waals surface area contributed by atoms with Crippen LogP contribution in [0.3, 0.4) is 0 Å². The minimum absolute atomic E-state index is 0.0434. The first kappa shape index (κ1) is 58.3. The summed E-state index contributed by atoms with van der Waals surface area (Å²) in [5.74, 6) is -0.534. The first-order chi connectivity index (χ1) is 30.0. The number of amides is 1. The molecule has 0 fully saturated rings. The van der Waals surface area contributed by atoms with Crippen molar-refractivity contribution in [3.05, 3.63) is 72.9 Å². The van der Waals surface area contributed by atoms with Gasteiger partial charge in [-0.15, -0.1) is 0 Å². The Morgan fingerprint density at radius 1 is 0.492 bits per heavy atom. The normalized spacial score (nSPS) is 13.9. The van der Waals surface area contributed by atoms with E-state index in [0.29, 0.717) is 19.3 Å². The summed E-state index contributed by atoms with van der Waals surface area (Å²) in [7, 11) is 0. The average molecular weight is 852 g/mol. The first-order valence-corrected chi connectivity index (χ1v) is 25.7. The first-order valence-electron chi connectivity index (χ1n) is 25.7. The van der Waals surface area contributed by atoms with Crippen molar-refractivity contribution in [3.63, 3.8) is 0 Å². The average Bonchev–Trinajstić information content (AvgIpc) is 3.25. The van der Waals surface area contributed by atoms with Crippen molar-refractivity contribution in [1.29, 1.82) is 0 Å². The number of ether oxygens (including phenoxy) is 1. The number of aliphatic hydroxyl groups excluding tert-OH is 2. The Labute approximate surface area is 377 Å². The van der Waals surface area contributed by atoms with Gasteiger partial charge >= 0.3 is 5.97 Å². The highest BCUT2D eigenvalue weighted by Crippen LogP contribution is 2.17. The molecule has 6 heteroatoms. The van der Waals surface area contributed by atoms with Gasteiger partial charge in [-0.25, -0.2) is 0 Å². The van der Waals surface area contributed by atoms with Crippen molar-refractivity contribution in [1.82, 2.24) is 5.32 Å². The monoisotopic (exact) mass is 852 g/mol. The summed E-state index contributed by atoms with van der Waals surface area (Å²) in [6, 6.07) is -0.719. The van der Waals surface area contributed by atoms with Crippen LogP contribution in [0.4, 0.5) is 0 Å². The standard InChI is InChI=1S/C55H97NO5/c1-4-7-10-13-16-19-22-24-25-26-27-28-30-33-36-39-42-45-48-55(60)61-51(46-43-40-37-34-31-21-18-15-12-9-6-3)49-54(59)56-52(50-57)53(58)47-44-41-38-35-32-29-23-20-17-14-11-8-5-2/h9,12,15,18,21-22,24-28,31,51-53,57-58H,4-8,10-11,13-14,16-17,19-20,23,29-30,32-50H2,1-3H3,(H,56,59)/b12-9+,18-15+,24-22+,26-25+,28-27+,31-21-. The predicted octanol–water partition coefficient (Wildman–Crippen LogP) is 15.4. The molecule has 0 radical (unpaired) electrons. The number of nitrogens with one attached hydrogen (secondary N) is 1. The Morgan fingerprint density at radius 3 is 1.34 bits per heavy atom. The number of carbonyl (C=O) groups excluding carboxylic acids is 2. The third kappa shape index (κ3) is 43.7. The van der Waals surface area contributed by atoms with Gasteiger partial charge < -0.3 is 20.3 Å². The molecule has 6 nitrogen and oxygen atoms in total. The van der Waals surface area contributed by atoms with Gasteiger partial charge in [0.1, 0.15) is 6.10 Å². The van der Waals surface area contributed by atoms with Crippen LogP contribution in [0.5, 0.6) is 0 Å². The summed E-state index contributed by atoms with van der Waals surface area (Å²) < 4.78 is 5.90. The number of aliphatic hydroxyl groups is 2. The molecule has 0 rings (SSSR count). The fourth-order valence-corrected chi connectivity index (χ4v) is 7.49. The van der Waals surface area contributed by atoms with Crippen molar-refractivity contribution in [2.45, 2.75) is 257 Å². The summed E-state index contributed by atoms with van der Waals surface area (Å²) >= 11 is 0. The van der Waals surface area contributed by atoms with Gasteiger partial charge in [-0.3, -0.25) is 9.59 Å². The summed E-state index contributed by atoms with van der Waals surface area (Å²) in [5, 5.41) is 23.7. The second-order valence-electron chi connectivity index (χ2n) is 17.3. The Kier molecular flexibility index (Phi) is 46.2. The molecule has 61 heavy (non-hydrogen) atoms. The maximum absolute atomic E-state index is 13.2. The van der Waals surface area contributed by atoms with Gasteiger partial charge in [0.05, 0.1) is 25.2 Å². The lowest BCUT2D eigenvalue weighted by molar-refractivity contribution is -0.151. The zero-order valence-electron chi connectivity index (χ0n) is 40.0. The van der Waals surface area contributed by atoms with Crippen LogP contribution in [0.2, 0.25) is 0 Å². The van der Waals surface area contributed by atoms with Crippen LogP contribution >= 0.6 is 0 Å². The van der Waals surface area contributed by atoms with Gasteiger partial charge in [0, 0.05) is 6.42 Å². The topological polar surface area (TPSA) is 95.9 Å². The van der Waals surface area contributed by atoms with E-state index in [1.807, 2.05) is 12.2 Å². The zero-order valence-corrected chi connectivity index (χ0v) is 40.0. The lowest BCUT2D eigenvalue weighted by atomic mass is 10.0. The number of allylic oxidation sites excluding steroid dienone is 12. The molecule has 0 aliphatic carbocycles. The van der Waals surface area contributed by atoms with Crippen molar-refractivity contribution in [2.75, 3.05) is 6.61 Å². The molecule has 0 aromatic rings. The minimum atomic E-state index is -0.803. The van der Waals surface area contributed by atoms with Crippen molar-refractivity contribution in [2.24, 2.45) is 0 Å². The lowest BCUT2D eigenvalue weighted by Crippen LogP contribution is -2.46. The van der Waals surface area contributed by atoms with Crippen molar-refractivity contribution in [3.8, 4) is 0 Å². The summed E-state index contributed by atoms with van der Waals surface area (Å²) in [4.78, 5) is 26.1. The van der Waals surface area contributed by atoms with Gasteiger partial charge in [-0.1, -0.05) is 229 Å². The van der Waals surface area contributed by atoms with E-state index < -0.39 is 18.2 Å². The SMILES string of the molecule is CC/C=C/C=C/C=C\CCCCCC(CC(=O)NC(CO)C(O)CCCCCCCCCCCCCCC)OC(=O)CCCCCCC/C=C/C=C/C=C/CCCCCCC. The van der Waals surface area contributed by atoms with E-state index in [1.54, 1.807) is 0 Å². The molecule has 0 heterocycles. The van der Waals surface area contributed by atoms with E-state index in [4.69, 9.17) is 4.74 Å². The van der Waals surface area contributed by atoms with Gasteiger partial charge in [0.2, 0.25) is 5.91 Å². The highest BCUT2D eigenvalue weighted by atomic mass is 16.5. The van der Waals surface area contributed by atoms with E-state index in [2.05, 4.69) is 86.8 Å². The molecule has 3 unspecified atom stereocenters. The molecule has 3 N–H and O–H groups in total. The summed E-state index contributed by atoms with van der Waals surface area (Å²) in [5.41, 5.74) is 0. The largest absolute Gasteiger partial charge is 0.462 e. The van der Waals surface area contributed by atoms with Crippen LogP contribution < -0.4 is 5.32 Å². The number of hydrogen-bond donors (Lipinski definition) is 3. The van der Waals surface area contributed by atoms with Gasteiger partial charge in [0.15, 0.2) is 0 Å². The number of rotatable bonds is 45. The fraction of sp³-hybridized carbons (Fsp3) is 0.745. The smallest absolute Gasteiger partial charge is 0.306 e. The molecule has 0 aromatic carbocycles. The van der Waals surface area contributed by atoms with Crippen LogP contribution in [0, 0.1) is 0 Å². The third-order valence-corrected chi connectivity index (χ3v) is 11.4. The van der Waals surface area contributed by atoms with E-state index in [0.717, 1.165) is 89.9 Å². The number of hydrogen-bond acceptors (Lipinski definition) is 5. The van der Waals surface area contributed by atoms with Crippen LogP contribution in [0.25, 0.3) is 0 Å².